The Morgan fingerprint density at radius 1 is 1.56 bits per heavy atom. The van der Waals surface area contributed by atoms with Gasteiger partial charge in [-0.1, -0.05) is 0 Å². The first-order valence-corrected chi connectivity index (χ1v) is 6.57. The predicted molar refractivity (Wildman–Crippen MR) is 65.7 cm³/mol. The van der Waals surface area contributed by atoms with E-state index in [0.717, 1.165) is 37.7 Å². The number of aromatic nitrogens is 1. The molecule has 2 rings (SSSR count). The Balaban J connectivity index is 1.91. The van der Waals surface area contributed by atoms with Gasteiger partial charge in [0.25, 0.3) is 0 Å². The third-order valence-corrected chi connectivity index (χ3v) is 3.92. The van der Waals surface area contributed by atoms with Crippen LogP contribution in [-0.4, -0.2) is 43.2 Å². The van der Waals surface area contributed by atoms with Crippen LogP contribution < -0.4 is 5.32 Å². The Kier molecular flexibility index (Phi) is 4.29. The Morgan fingerprint density at radius 3 is 3.00 bits per heavy atom. The van der Waals surface area contributed by atoms with Gasteiger partial charge in [0.05, 0.1) is 5.69 Å². The molecule has 0 aromatic carbocycles. The van der Waals surface area contributed by atoms with Crippen molar-refractivity contribution in [3.63, 3.8) is 0 Å². The van der Waals surface area contributed by atoms with Gasteiger partial charge >= 0.3 is 0 Å². The van der Waals surface area contributed by atoms with Crippen LogP contribution in [0.15, 0.2) is 5.38 Å². The van der Waals surface area contributed by atoms with E-state index in [9.17, 15) is 0 Å². The first kappa shape index (κ1) is 12.0. The molecule has 1 saturated heterocycles. The highest BCUT2D eigenvalue weighted by Crippen LogP contribution is 2.21. The molecule has 0 unspecified atom stereocenters. The molecule has 0 spiro atoms. The van der Waals surface area contributed by atoms with Gasteiger partial charge in [-0.3, -0.25) is 4.90 Å². The number of rotatable bonds is 4. The van der Waals surface area contributed by atoms with E-state index in [1.807, 2.05) is 6.92 Å². The van der Waals surface area contributed by atoms with Crippen molar-refractivity contribution in [2.75, 3.05) is 33.3 Å². The molecule has 5 heteroatoms. The van der Waals surface area contributed by atoms with Gasteiger partial charge in [-0.2, -0.15) is 0 Å². The Labute approximate surface area is 101 Å². The fourth-order valence-electron chi connectivity index (χ4n) is 1.78. The summed E-state index contributed by atoms with van der Waals surface area (Å²) in [6.45, 7) is 7.42. The molecule has 1 aromatic rings. The lowest BCUT2D eigenvalue weighted by atomic mass is 10.3. The summed E-state index contributed by atoms with van der Waals surface area (Å²) in [5.74, 6) is 0. The Morgan fingerprint density at radius 2 is 2.31 bits per heavy atom. The maximum Gasteiger partial charge on any atom is 0.122 e. The lowest BCUT2D eigenvalue weighted by molar-refractivity contribution is 0.119. The van der Waals surface area contributed by atoms with Crippen molar-refractivity contribution in [1.29, 1.82) is 0 Å². The minimum Gasteiger partial charge on any atom is -0.375 e. The molecule has 1 aromatic heterocycles. The fourth-order valence-corrected chi connectivity index (χ4v) is 2.62. The van der Waals surface area contributed by atoms with Gasteiger partial charge in [-0.15, -0.1) is 11.3 Å². The van der Waals surface area contributed by atoms with Gasteiger partial charge in [-0.25, -0.2) is 4.98 Å². The first-order valence-electron chi connectivity index (χ1n) is 5.70. The van der Waals surface area contributed by atoms with Gasteiger partial charge in [0.15, 0.2) is 0 Å². The normalized spacial score (nSPS) is 19.9. The Hall–Kier alpha value is -0.490. The number of methoxy groups -OCH3 is 1. The standard InChI is InChI=1S/C11H19N3OS/c1-9(15-2)11-13-10(8-16-11)7-14-5-3-12-4-6-14/h8-9,12H,3-7H2,1-2H3/t9-/m0/s1. The summed E-state index contributed by atoms with van der Waals surface area (Å²) >= 11 is 1.69. The summed E-state index contributed by atoms with van der Waals surface area (Å²) in [6, 6.07) is 0. The van der Waals surface area contributed by atoms with Crippen molar-refractivity contribution in [3.05, 3.63) is 16.1 Å². The van der Waals surface area contributed by atoms with Crippen molar-refractivity contribution >= 4 is 11.3 Å². The number of ether oxygens (including phenoxy) is 1. The Bertz CT molecular complexity index is 323. The van der Waals surface area contributed by atoms with Crippen molar-refractivity contribution in [1.82, 2.24) is 15.2 Å². The molecule has 2 heterocycles. The molecule has 1 fully saturated rings. The van der Waals surface area contributed by atoms with Gasteiger partial charge in [-0.05, 0) is 6.92 Å². The number of hydrogen-bond donors (Lipinski definition) is 1. The summed E-state index contributed by atoms with van der Waals surface area (Å²) < 4.78 is 5.26. The summed E-state index contributed by atoms with van der Waals surface area (Å²) in [7, 11) is 1.72. The lowest BCUT2D eigenvalue weighted by Crippen LogP contribution is -2.42. The fraction of sp³-hybridized carbons (Fsp3) is 0.727. The third kappa shape index (κ3) is 3.01. The van der Waals surface area contributed by atoms with E-state index < -0.39 is 0 Å². The number of nitrogens with one attached hydrogen (secondary N) is 1. The van der Waals surface area contributed by atoms with E-state index in [1.54, 1.807) is 18.4 Å². The van der Waals surface area contributed by atoms with Gasteiger partial charge in [0.2, 0.25) is 0 Å². The number of nitrogens with zero attached hydrogens (tertiary/aromatic N) is 2. The first-order chi connectivity index (χ1) is 7.79. The highest BCUT2D eigenvalue weighted by atomic mass is 32.1. The zero-order valence-corrected chi connectivity index (χ0v) is 10.7. The van der Waals surface area contributed by atoms with Gasteiger partial charge < -0.3 is 10.1 Å². The van der Waals surface area contributed by atoms with Crippen LogP contribution in [0.3, 0.4) is 0 Å². The van der Waals surface area contributed by atoms with Crippen LogP contribution >= 0.6 is 11.3 Å². The van der Waals surface area contributed by atoms with Crippen molar-refractivity contribution in [2.45, 2.75) is 19.6 Å². The summed E-state index contributed by atoms with van der Waals surface area (Å²) in [4.78, 5) is 7.04. The molecule has 90 valence electrons. The molecule has 0 bridgehead atoms. The molecular weight excluding hydrogens is 222 g/mol. The molecular formula is C11H19N3OS. The number of thiazole rings is 1. The SMILES string of the molecule is CO[C@@H](C)c1nc(CN2CCNCC2)cs1. The topological polar surface area (TPSA) is 37.4 Å². The third-order valence-electron chi connectivity index (χ3n) is 2.87. The molecule has 4 nitrogen and oxygen atoms in total. The van der Waals surface area contributed by atoms with Crippen LogP contribution in [0, 0.1) is 0 Å². The second-order valence-corrected chi connectivity index (χ2v) is 4.97. The van der Waals surface area contributed by atoms with Gasteiger partial charge in [0, 0.05) is 45.2 Å². The van der Waals surface area contributed by atoms with E-state index in [1.165, 1.54) is 5.69 Å². The zero-order valence-electron chi connectivity index (χ0n) is 9.90. The average molecular weight is 241 g/mol. The predicted octanol–water partition coefficient (Wildman–Crippen LogP) is 1.26. The van der Waals surface area contributed by atoms with E-state index in [0.29, 0.717) is 0 Å². The molecule has 0 aliphatic carbocycles. The maximum absolute atomic E-state index is 5.26. The quantitative estimate of drug-likeness (QED) is 0.861. The monoisotopic (exact) mass is 241 g/mol. The average Bonchev–Trinajstić information content (AvgIpc) is 2.78. The molecule has 0 radical (unpaired) electrons. The molecule has 16 heavy (non-hydrogen) atoms. The molecule has 1 N–H and O–H groups in total. The highest BCUT2D eigenvalue weighted by Gasteiger charge is 2.13. The van der Waals surface area contributed by atoms with Gasteiger partial charge in [0.1, 0.15) is 11.1 Å². The summed E-state index contributed by atoms with van der Waals surface area (Å²) in [6.07, 6.45) is 0.113. The lowest BCUT2D eigenvalue weighted by Gasteiger charge is -2.26. The smallest absolute Gasteiger partial charge is 0.122 e. The second-order valence-electron chi connectivity index (χ2n) is 4.08. The van der Waals surface area contributed by atoms with Crippen LogP contribution in [-0.2, 0) is 11.3 Å². The minimum atomic E-state index is 0.113. The van der Waals surface area contributed by atoms with Crippen LogP contribution in [0.4, 0.5) is 0 Å². The van der Waals surface area contributed by atoms with Crippen molar-refractivity contribution in [2.24, 2.45) is 0 Å². The summed E-state index contributed by atoms with van der Waals surface area (Å²) in [5.41, 5.74) is 1.17. The molecule has 0 saturated carbocycles. The number of piperazine rings is 1. The van der Waals surface area contributed by atoms with E-state index in [2.05, 4.69) is 20.6 Å². The van der Waals surface area contributed by atoms with Crippen LogP contribution in [0.2, 0.25) is 0 Å². The summed E-state index contributed by atoms with van der Waals surface area (Å²) in [5, 5.41) is 6.58. The molecule has 1 atom stereocenters. The van der Waals surface area contributed by atoms with Crippen LogP contribution in [0.5, 0.6) is 0 Å². The number of hydrogen-bond acceptors (Lipinski definition) is 5. The van der Waals surface area contributed by atoms with E-state index in [4.69, 9.17) is 4.74 Å². The maximum atomic E-state index is 5.26. The molecule has 0 amide bonds. The van der Waals surface area contributed by atoms with Crippen molar-refractivity contribution < 1.29 is 4.74 Å². The highest BCUT2D eigenvalue weighted by molar-refractivity contribution is 7.09. The zero-order chi connectivity index (χ0) is 11.4. The van der Waals surface area contributed by atoms with E-state index in [-0.39, 0.29) is 6.10 Å². The molecule has 1 aliphatic rings. The second kappa shape index (κ2) is 5.72. The molecule has 1 aliphatic heterocycles. The largest absolute Gasteiger partial charge is 0.375 e. The minimum absolute atomic E-state index is 0.113. The van der Waals surface area contributed by atoms with E-state index >= 15 is 0 Å². The van der Waals surface area contributed by atoms with Crippen LogP contribution in [0.25, 0.3) is 0 Å². The van der Waals surface area contributed by atoms with Crippen LogP contribution in [0.1, 0.15) is 23.7 Å². The van der Waals surface area contributed by atoms with Crippen molar-refractivity contribution in [3.8, 4) is 0 Å².